The van der Waals surface area contributed by atoms with Gasteiger partial charge in [0.05, 0.1) is 0 Å². The fourth-order valence-corrected chi connectivity index (χ4v) is 1.62. The van der Waals surface area contributed by atoms with Crippen molar-refractivity contribution in [1.29, 1.82) is 0 Å². The van der Waals surface area contributed by atoms with Gasteiger partial charge in [0.25, 0.3) is 0 Å². The van der Waals surface area contributed by atoms with E-state index in [0.717, 1.165) is 0 Å². The van der Waals surface area contributed by atoms with Crippen LogP contribution in [0.2, 0.25) is 0 Å². The second-order valence-electron chi connectivity index (χ2n) is 4.09. The highest BCUT2D eigenvalue weighted by Gasteiger charge is 2.25. The predicted octanol–water partition coefficient (Wildman–Crippen LogP) is 3.17. The van der Waals surface area contributed by atoms with E-state index < -0.39 is 12.6 Å². The van der Waals surface area contributed by atoms with Gasteiger partial charge in [-0.1, -0.05) is 0 Å². The van der Waals surface area contributed by atoms with Crippen LogP contribution >= 0.6 is 0 Å². The quantitative estimate of drug-likeness (QED) is 0.848. The van der Waals surface area contributed by atoms with Crippen molar-refractivity contribution in [3.8, 4) is 0 Å². The van der Waals surface area contributed by atoms with Gasteiger partial charge in [-0.05, 0) is 25.0 Å². The van der Waals surface area contributed by atoms with Crippen molar-refractivity contribution in [3.05, 3.63) is 24.5 Å². The molecular formula is C12H13F3N4. The maximum Gasteiger partial charge on any atom is 0.389 e. The average molecular weight is 270 g/mol. The SMILES string of the molecule is FC(F)(F)CCCCNc1ccc2nccnc2n1. The number of unbranched alkanes of at least 4 members (excludes halogenated alkanes) is 1. The third-order valence-electron chi connectivity index (χ3n) is 2.52. The molecule has 0 radical (unpaired) electrons. The third-order valence-corrected chi connectivity index (χ3v) is 2.52. The first kappa shape index (κ1) is 13.5. The van der Waals surface area contributed by atoms with Gasteiger partial charge in [-0.2, -0.15) is 13.2 Å². The van der Waals surface area contributed by atoms with Crippen LogP contribution in [-0.4, -0.2) is 27.7 Å². The average Bonchev–Trinajstić information content (AvgIpc) is 2.37. The van der Waals surface area contributed by atoms with Crippen LogP contribution in [0.1, 0.15) is 19.3 Å². The number of aromatic nitrogens is 3. The van der Waals surface area contributed by atoms with Crippen LogP contribution in [0.4, 0.5) is 19.0 Å². The van der Waals surface area contributed by atoms with Gasteiger partial charge >= 0.3 is 6.18 Å². The number of hydrogen-bond acceptors (Lipinski definition) is 4. The molecular weight excluding hydrogens is 257 g/mol. The van der Waals surface area contributed by atoms with Crippen LogP contribution < -0.4 is 5.32 Å². The second-order valence-corrected chi connectivity index (χ2v) is 4.09. The maximum absolute atomic E-state index is 11.9. The molecule has 0 aliphatic rings. The highest BCUT2D eigenvalue weighted by Crippen LogP contribution is 2.22. The fraction of sp³-hybridized carbons (Fsp3) is 0.417. The van der Waals surface area contributed by atoms with Crippen molar-refractivity contribution in [2.45, 2.75) is 25.4 Å². The number of halogens is 3. The number of rotatable bonds is 5. The molecule has 2 aromatic heterocycles. The van der Waals surface area contributed by atoms with Gasteiger partial charge in [0.2, 0.25) is 0 Å². The van der Waals surface area contributed by atoms with E-state index in [2.05, 4.69) is 20.3 Å². The lowest BCUT2D eigenvalue weighted by molar-refractivity contribution is -0.135. The molecule has 0 bridgehead atoms. The molecule has 2 aromatic rings. The van der Waals surface area contributed by atoms with Gasteiger partial charge in [-0.15, -0.1) is 0 Å². The summed E-state index contributed by atoms with van der Waals surface area (Å²) in [5, 5.41) is 2.98. The number of nitrogens with one attached hydrogen (secondary N) is 1. The molecule has 0 saturated carbocycles. The highest BCUT2D eigenvalue weighted by atomic mass is 19.4. The van der Waals surface area contributed by atoms with E-state index in [1.54, 1.807) is 24.5 Å². The largest absolute Gasteiger partial charge is 0.389 e. The molecule has 0 aliphatic heterocycles. The van der Waals surface area contributed by atoms with Crippen molar-refractivity contribution in [2.75, 3.05) is 11.9 Å². The minimum atomic E-state index is -4.07. The Bertz CT molecular complexity index is 542. The zero-order valence-corrected chi connectivity index (χ0v) is 10.1. The number of nitrogens with zero attached hydrogens (tertiary/aromatic N) is 3. The van der Waals surface area contributed by atoms with Crippen LogP contribution in [0.3, 0.4) is 0 Å². The zero-order chi connectivity index (χ0) is 13.7. The van der Waals surface area contributed by atoms with Gasteiger partial charge in [-0.3, -0.25) is 4.98 Å². The summed E-state index contributed by atoms with van der Waals surface area (Å²) in [7, 11) is 0. The fourth-order valence-electron chi connectivity index (χ4n) is 1.62. The van der Waals surface area contributed by atoms with Crippen molar-refractivity contribution in [2.24, 2.45) is 0 Å². The molecule has 1 N–H and O–H groups in total. The molecule has 0 atom stereocenters. The predicted molar refractivity (Wildman–Crippen MR) is 65.7 cm³/mol. The van der Waals surface area contributed by atoms with E-state index in [1.165, 1.54) is 0 Å². The number of fused-ring (bicyclic) bond motifs is 1. The molecule has 19 heavy (non-hydrogen) atoms. The van der Waals surface area contributed by atoms with Gasteiger partial charge in [-0.25, -0.2) is 9.97 Å². The number of anilines is 1. The lowest BCUT2D eigenvalue weighted by atomic mass is 10.2. The van der Waals surface area contributed by atoms with Crippen molar-refractivity contribution >= 4 is 17.0 Å². The summed E-state index contributed by atoms with van der Waals surface area (Å²) in [4.78, 5) is 12.4. The monoisotopic (exact) mass is 270 g/mol. The van der Waals surface area contributed by atoms with E-state index >= 15 is 0 Å². The first-order valence-electron chi connectivity index (χ1n) is 5.93. The molecule has 7 heteroatoms. The molecule has 102 valence electrons. The molecule has 0 saturated heterocycles. The first-order valence-corrected chi connectivity index (χ1v) is 5.93. The number of hydrogen-bond donors (Lipinski definition) is 1. The lowest BCUT2D eigenvalue weighted by Gasteiger charge is -2.07. The number of pyridine rings is 1. The molecule has 0 aromatic carbocycles. The van der Waals surface area contributed by atoms with E-state index in [-0.39, 0.29) is 6.42 Å². The van der Waals surface area contributed by atoms with Crippen LogP contribution in [0.25, 0.3) is 11.2 Å². The Morgan fingerprint density at radius 1 is 1.05 bits per heavy atom. The van der Waals surface area contributed by atoms with Crippen LogP contribution in [0.15, 0.2) is 24.5 Å². The van der Waals surface area contributed by atoms with Gasteiger partial charge in [0, 0.05) is 25.4 Å². The molecule has 0 spiro atoms. The van der Waals surface area contributed by atoms with Crippen molar-refractivity contribution < 1.29 is 13.2 Å². The van der Waals surface area contributed by atoms with Crippen LogP contribution in [0, 0.1) is 0 Å². The lowest BCUT2D eigenvalue weighted by Crippen LogP contribution is -2.09. The number of alkyl halides is 3. The summed E-state index contributed by atoms with van der Waals surface area (Å²) in [6.07, 6.45) is -1.14. The van der Waals surface area contributed by atoms with E-state index in [0.29, 0.717) is 29.9 Å². The smallest absolute Gasteiger partial charge is 0.370 e. The van der Waals surface area contributed by atoms with Crippen LogP contribution in [-0.2, 0) is 0 Å². The summed E-state index contributed by atoms with van der Waals surface area (Å²) in [5.41, 5.74) is 1.20. The van der Waals surface area contributed by atoms with Crippen molar-refractivity contribution in [3.63, 3.8) is 0 Å². The van der Waals surface area contributed by atoms with Gasteiger partial charge in [0.1, 0.15) is 11.3 Å². The van der Waals surface area contributed by atoms with E-state index in [4.69, 9.17) is 0 Å². The molecule has 2 heterocycles. The zero-order valence-electron chi connectivity index (χ0n) is 10.1. The summed E-state index contributed by atoms with van der Waals surface area (Å²) in [5.74, 6) is 0.597. The third kappa shape index (κ3) is 4.35. The van der Waals surface area contributed by atoms with E-state index in [9.17, 15) is 13.2 Å². The minimum absolute atomic E-state index is 0.115. The van der Waals surface area contributed by atoms with Crippen LogP contribution in [0.5, 0.6) is 0 Å². The Balaban J connectivity index is 1.82. The molecule has 0 aliphatic carbocycles. The highest BCUT2D eigenvalue weighted by molar-refractivity contribution is 5.71. The minimum Gasteiger partial charge on any atom is -0.370 e. The molecule has 0 amide bonds. The Labute approximate surface area is 108 Å². The topological polar surface area (TPSA) is 50.7 Å². The summed E-state index contributed by atoms with van der Waals surface area (Å²) in [6, 6.07) is 3.51. The molecule has 0 unspecified atom stereocenters. The van der Waals surface area contributed by atoms with Crippen molar-refractivity contribution in [1.82, 2.24) is 15.0 Å². The Morgan fingerprint density at radius 2 is 1.84 bits per heavy atom. The van der Waals surface area contributed by atoms with Gasteiger partial charge in [0.15, 0.2) is 5.65 Å². The van der Waals surface area contributed by atoms with Gasteiger partial charge < -0.3 is 5.32 Å². The normalized spacial score (nSPS) is 11.7. The Hall–Kier alpha value is -1.92. The Kier molecular flexibility index (Phi) is 4.13. The summed E-state index contributed by atoms with van der Waals surface area (Å²) >= 11 is 0. The maximum atomic E-state index is 11.9. The first-order chi connectivity index (χ1) is 9.04. The molecule has 0 fully saturated rings. The van der Waals surface area contributed by atoms with E-state index in [1.807, 2.05) is 0 Å². The molecule has 2 rings (SSSR count). The Morgan fingerprint density at radius 3 is 2.63 bits per heavy atom. The summed E-state index contributed by atoms with van der Waals surface area (Å²) < 4.78 is 35.8. The molecule has 4 nitrogen and oxygen atoms in total. The second kappa shape index (κ2) is 5.81. The standard InChI is InChI=1S/C12H13F3N4/c13-12(14,15)5-1-2-6-17-10-4-3-9-11(19-10)18-8-7-16-9/h3-4,7-8H,1-2,5-6H2,(H,17,18,19). The summed E-state index contributed by atoms with van der Waals surface area (Å²) in [6.45, 7) is 0.453.